The van der Waals surface area contributed by atoms with Gasteiger partial charge in [-0.1, -0.05) is 6.92 Å². The zero-order valence-electron chi connectivity index (χ0n) is 11.6. The highest BCUT2D eigenvalue weighted by Gasteiger charge is 2.44. The number of ether oxygens (including phenoxy) is 1. The summed E-state index contributed by atoms with van der Waals surface area (Å²) in [5, 5.41) is 12.2. The Hall–Kier alpha value is -1.10. The molecule has 19 heavy (non-hydrogen) atoms. The fourth-order valence-electron chi connectivity index (χ4n) is 2.96. The number of hydrogen-bond donors (Lipinski definition) is 2. The highest BCUT2D eigenvalue weighted by atomic mass is 16.5. The van der Waals surface area contributed by atoms with E-state index < -0.39 is 17.6 Å². The summed E-state index contributed by atoms with van der Waals surface area (Å²) in [5.41, 5.74) is -1.08. The number of aliphatic carboxylic acids is 1. The highest BCUT2D eigenvalue weighted by molar-refractivity contribution is 5.89. The SMILES string of the molecule is CC1CCC(NC(=O)C2CCC(C)O2)(C(=O)O)CC1. The smallest absolute Gasteiger partial charge is 0.329 e. The van der Waals surface area contributed by atoms with Crippen LogP contribution in [0.25, 0.3) is 0 Å². The van der Waals surface area contributed by atoms with Crippen molar-refractivity contribution in [2.75, 3.05) is 0 Å². The molecule has 5 nitrogen and oxygen atoms in total. The van der Waals surface area contributed by atoms with Gasteiger partial charge in [-0.05, 0) is 51.4 Å². The van der Waals surface area contributed by atoms with Crippen LogP contribution < -0.4 is 5.32 Å². The molecule has 108 valence electrons. The lowest BCUT2D eigenvalue weighted by Gasteiger charge is -2.37. The van der Waals surface area contributed by atoms with Crippen LogP contribution in [0, 0.1) is 5.92 Å². The molecular formula is C14H23NO4. The molecule has 5 heteroatoms. The predicted molar refractivity (Wildman–Crippen MR) is 69.7 cm³/mol. The quantitative estimate of drug-likeness (QED) is 0.817. The van der Waals surface area contributed by atoms with Gasteiger partial charge >= 0.3 is 5.97 Å². The lowest BCUT2D eigenvalue weighted by atomic mass is 9.77. The van der Waals surface area contributed by atoms with Crippen LogP contribution in [-0.4, -0.2) is 34.7 Å². The van der Waals surface area contributed by atoms with Crippen molar-refractivity contribution in [3.63, 3.8) is 0 Å². The third-order valence-corrected chi connectivity index (χ3v) is 4.42. The molecule has 2 aliphatic rings. The fourth-order valence-corrected chi connectivity index (χ4v) is 2.96. The van der Waals surface area contributed by atoms with E-state index in [0.29, 0.717) is 25.2 Å². The summed E-state index contributed by atoms with van der Waals surface area (Å²) in [6, 6.07) is 0. The molecule has 2 atom stereocenters. The Balaban J connectivity index is 2.01. The van der Waals surface area contributed by atoms with Crippen LogP contribution in [0.4, 0.5) is 0 Å². The summed E-state index contributed by atoms with van der Waals surface area (Å²) in [6.07, 6.45) is 3.85. The summed E-state index contributed by atoms with van der Waals surface area (Å²) in [5.74, 6) is -0.646. The molecule has 2 unspecified atom stereocenters. The number of hydrogen-bond acceptors (Lipinski definition) is 3. The van der Waals surface area contributed by atoms with Crippen molar-refractivity contribution in [2.24, 2.45) is 5.92 Å². The maximum Gasteiger partial charge on any atom is 0.329 e. The van der Waals surface area contributed by atoms with E-state index in [1.807, 2.05) is 6.92 Å². The molecule has 2 rings (SSSR count). The Morgan fingerprint density at radius 1 is 1.16 bits per heavy atom. The fraction of sp³-hybridized carbons (Fsp3) is 0.857. The van der Waals surface area contributed by atoms with E-state index >= 15 is 0 Å². The predicted octanol–water partition coefficient (Wildman–Crippen LogP) is 1.70. The third-order valence-electron chi connectivity index (χ3n) is 4.42. The molecule has 2 N–H and O–H groups in total. The number of carboxylic acid groups (broad SMARTS) is 1. The number of carboxylic acids is 1. The van der Waals surface area contributed by atoms with Crippen molar-refractivity contribution in [2.45, 2.75) is 70.1 Å². The number of nitrogens with one attached hydrogen (secondary N) is 1. The number of rotatable bonds is 3. The molecule has 1 amide bonds. The molecule has 1 saturated heterocycles. The Morgan fingerprint density at radius 3 is 2.26 bits per heavy atom. The Bertz CT molecular complexity index is 360. The van der Waals surface area contributed by atoms with E-state index in [1.54, 1.807) is 0 Å². The molecule has 1 saturated carbocycles. The molecule has 0 aromatic carbocycles. The van der Waals surface area contributed by atoms with Gasteiger partial charge in [-0.25, -0.2) is 4.79 Å². The van der Waals surface area contributed by atoms with Crippen molar-refractivity contribution in [3.05, 3.63) is 0 Å². The number of carbonyl (C=O) groups is 2. The van der Waals surface area contributed by atoms with Crippen LogP contribution in [0.1, 0.15) is 52.4 Å². The van der Waals surface area contributed by atoms with E-state index in [1.165, 1.54) is 0 Å². The van der Waals surface area contributed by atoms with Crippen molar-refractivity contribution >= 4 is 11.9 Å². The first-order chi connectivity index (χ1) is 8.93. The molecule has 0 spiro atoms. The molecule has 0 aromatic rings. The molecule has 1 aliphatic heterocycles. The van der Waals surface area contributed by atoms with Gasteiger partial charge in [0.25, 0.3) is 0 Å². The second kappa shape index (κ2) is 5.49. The Morgan fingerprint density at radius 2 is 1.79 bits per heavy atom. The zero-order valence-corrected chi connectivity index (χ0v) is 11.6. The van der Waals surface area contributed by atoms with Crippen LogP contribution in [0.3, 0.4) is 0 Å². The maximum absolute atomic E-state index is 12.2. The zero-order chi connectivity index (χ0) is 14.0. The number of amides is 1. The molecule has 1 heterocycles. The van der Waals surface area contributed by atoms with Gasteiger partial charge in [0.1, 0.15) is 11.6 Å². The van der Waals surface area contributed by atoms with Crippen molar-refractivity contribution < 1.29 is 19.4 Å². The van der Waals surface area contributed by atoms with Crippen LogP contribution in [0.2, 0.25) is 0 Å². The summed E-state index contributed by atoms with van der Waals surface area (Å²) < 4.78 is 5.51. The van der Waals surface area contributed by atoms with Gasteiger partial charge in [0, 0.05) is 0 Å². The topological polar surface area (TPSA) is 75.6 Å². The average Bonchev–Trinajstić information content (AvgIpc) is 2.79. The third kappa shape index (κ3) is 3.08. The van der Waals surface area contributed by atoms with Crippen LogP contribution >= 0.6 is 0 Å². The molecule has 2 fully saturated rings. The minimum Gasteiger partial charge on any atom is -0.480 e. The second-order valence-electron chi connectivity index (χ2n) is 6.07. The molecular weight excluding hydrogens is 246 g/mol. The standard InChI is InChI=1S/C14H23NO4/c1-9-5-7-14(8-6-9,13(17)18)15-12(16)11-4-3-10(2)19-11/h9-11H,3-8H2,1-2H3,(H,15,16)(H,17,18). The number of carbonyl (C=O) groups excluding carboxylic acids is 1. The largest absolute Gasteiger partial charge is 0.480 e. The van der Waals surface area contributed by atoms with Crippen molar-refractivity contribution in [1.82, 2.24) is 5.32 Å². The second-order valence-corrected chi connectivity index (χ2v) is 6.07. The van der Waals surface area contributed by atoms with E-state index in [4.69, 9.17) is 4.74 Å². The van der Waals surface area contributed by atoms with Crippen LogP contribution in [0.5, 0.6) is 0 Å². The Kier molecular flexibility index (Phi) is 4.13. The van der Waals surface area contributed by atoms with Gasteiger partial charge in [-0.2, -0.15) is 0 Å². The van der Waals surface area contributed by atoms with E-state index in [2.05, 4.69) is 12.2 Å². The van der Waals surface area contributed by atoms with Gasteiger partial charge < -0.3 is 15.2 Å². The summed E-state index contributed by atoms with van der Waals surface area (Å²) in [4.78, 5) is 23.7. The summed E-state index contributed by atoms with van der Waals surface area (Å²) in [6.45, 7) is 4.05. The van der Waals surface area contributed by atoms with Gasteiger partial charge in [-0.15, -0.1) is 0 Å². The van der Waals surface area contributed by atoms with Gasteiger partial charge in [0.15, 0.2) is 0 Å². The molecule has 0 bridgehead atoms. The van der Waals surface area contributed by atoms with E-state index in [0.717, 1.165) is 19.3 Å². The summed E-state index contributed by atoms with van der Waals surface area (Å²) in [7, 11) is 0. The van der Waals surface area contributed by atoms with Gasteiger partial charge in [0.05, 0.1) is 6.10 Å². The normalized spacial score (nSPS) is 38.9. The first-order valence-corrected chi connectivity index (χ1v) is 7.14. The maximum atomic E-state index is 12.2. The van der Waals surface area contributed by atoms with Crippen molar-refractivity contribution in [3.8, 4) is 0 Å². The highest BCUT2D eigenvalue weighted by Crippen LogP contribution is 2.32. The van der Waals surface area contributed by atoms with Crippen molar-refractivity contribution in [1.29, 1.82) is 0 Å². The summed E-state index contributed by atoms with van der Waals surface area (Å²) >= 11 is 0. The van der Waals surface area contributed by atoms with Crippen LogP contribution in [-0.2, 0) is 14.3 Å². The molecule has 0 radical (unpaired) electrons. The van der Waals surface area contributed by atoms with Gasteiger partial charge in [0.2, 0.25) is 5.91 Å². The van der Waals surface area contributed by atoms with E-state index in [-0.39, 0.29) is 12.0 Å². The van der Waals surface area contributed by atoms with E-state index in [9.17, 15) is 14.7 Å². The lowest BCUT2D eigenvalue weighted by molar-refractivity contribution is -0.151. The lowest BCUT2D eigenvalue weighted by Crippen LogP contribution is -2.58. The first kappa shape index (κ1) is 14.3. The minimum absolute atomic E-state index is 0.0860. The molecule has 1 aliphatic carbocycles. The first-order valence-electron chi connectivity index (χ1n) is 7.14. The molecule has 0 aromatic heterocycles. The monoisotopic (exact) mass is 269 g/mol. The average molecular weight is 269 g/mol. The Labute approximate surface area is 113 Å². The van der Waals surface area contributed by atoms with Crippen LogP contribution in [0.15, 0.2) is 0 Å². The minimum atomic E-state index is -1.08. The van der Waals surface area contributed by atoms with Gasteiger partial charge in [-0.3, -0.25) is 4.79 Å².